The summed E-state index contributed by atoms with van der Waals surface area (Å²) in [4.78, 5) is 12.9. The molecule has 88 valence electrons. The van der Waals surface area contributed by atoms with Gasteiger partial charge in [0, 0.05) is 18.2 Å². The predicted octanol–water partition coefficient (Wildman–Crippen LogP) is 2.38. The van der Waals surface area contributed by atoms with Crippen LogP contribution >= 0.6 is 0 Å². The second-order valence-corrected chi connectivity index (χ2v) is 4.31. The summed E-state index contributed by atoms with van der Waals surface area (Å²) in [6.45, 7) is 9.07. The molecule has 0 radical (unpaired) electrons. The lowest BCUT2D eigenvalue weighted by molar-refractivity contribution is -0.132. The summed E-state index contributed by atoms with van der Waals surface area (Å²) >= 11 is 0. The van der Waals surface area contributed by atoms with Crippen LogP contribution in [0.4, 0.5) is 0 Å². The minimum atomic E-state index is -0.803. The average Bonchev–Trinajstić information content (AvgIpc) is 2.16. The molecule has 0 fully saturated rings. The lowest BCUT2D eigenvalue weighted by Crippen LogP contribution is -2.33. The van der Waals surface area contributed by atoms with Gasteiger partial charge < -0.3 is 5.11 Å². The third-order valence-electron chi connectivity index (χ3n) is 2.94. The Morgan fingerprint density at radius 1 is 1.40 bits per heavy atom. The molecule has 3 heteroatoms. The Kier molecular flexibility index (Phi) is 6.25. The Balaban J connectivity index is 4.29. The van der Waals surface area contributed by atoms with Gasteiger partial charge in [-0.05, 0) is 26.3 Å². The lowest BCUT2D eigenvalue weighted by atomic mass is 10.1. The van der Waals surface area contributed by atoms with Gasteiger partial charge in [-0.25, -0.2) is 4.79 Å². The molecule has 0 aliphatic rings. The Hall–Kier alpha value is -0.830. The fraction of sp³-hybridized carbons (Fsp3) is 0.750. The number of carboxylic acids is 1. The molecule has 0 saturated carbocycles. The fourth-order valence-corrected chi connectivity index (χ4v) is 1.31. The van der Waals surface area contributed by atoms with Crippen molar-refractivity contribution in [2.24, 2.45) is 5.92 Å². The van der Waals surface area contributed by atoms with Crippen molar-refractivity contribution >= 4 is 5.97 Å². The summed E-state index contributed by atoms with van der Waals surface area (Å²) < 4.78 is 0. The molecule has 0 heterocycles. The van der Waals surface area contributed by atoms with E-state index in [0.29, 0.717) is 30.5 Å². The summed E-state index contributed by atoms with van der Waals surface area (Å²) in [5.41, 5.74) is 0.498. The van der Waals surface area contributed by atoms with Crippen molar-refractivity contribution in [2.75, 3.05) is 13.6 Å². The van der Waals surface area contributed by atoms with Crippen LogP contribution in [0.1, 0.15) is 34.1 Å². The smallest absolute Gasteiger partial charge is 0.331 e. The van der Waals surface area contributed by atoms with Gasteiger partial charge in [0.15, 0.2) is 0 Å². The summed E-state index contributed by atoms with van der Waals surface area (Å²) in [7, 11) is 2.02. The van der Waals surface area contributed by atoms with Crippen LogP contribution in [0.5, 0.6) is 0 Å². The maximum Gasteiger partial charge on any atom is 0.331 e. The number of hydrogen-bond acceptors (Lipinski definition) is 2. The molecule has 0 aromatic heterocycles. The van der Waals surface area contributed by atoms with Crippen LogP contribution in [0, 0.1) is 5.92 Å². The number of hydrogen-bond donors (Lipinski definition) is 1. The van der Waals surface area contributed by atoms with E-state index in [1.165, 1.54) is 0 Å². The third-order valence-corrected chi connectivity index (χ3v) is 2.94. The van der Waals surface area contributed by atoms with Gasteiger partial charge in [-0.2, -0.15) is 0 Å². The van der Waals surface area contributed by atoms with Crippen molar-refractivity contribution in [1.82, 2.24) is 4.90 Å². The van der Waals surface area contributed by atoms with Crippen LogP contribution in [-0.4, -0.2) is 35.6 Å². The first-order chi connectivity index (χ1) is 6.90. The van der Waals surface area contributed by atoms with E-state index in [9.17, 15) is 4.79 Å². The molecule has 3 nitrogen and oxygen atoms in total. The molecule has 0 rings (SSSR count). The monoisotopic (exact) mass is 213 g/mol. The lowest BCUT2D eigenvalue weighted by Gasteiger charge is -2.26. The van der Waals surface area contributed by atoms with E-state index in [4.69, 9.17) is 5.11 Å². The summed E-state index contributed by atoms with van der Waals surface area (Å²) in [6, 6.07) is 0.466. The molecule has 0 bridgehead atoms. The zero-order chi connectivity index (χ0) is 12.0. The maximum atomic E-state index is 10.8. The number of aliphatic carboxylic acids is 1. The third kappa shape index (κ3) is 4.98. The van der Waals surface area contributed by atoms with Crippen LogP contribution in [0.15, 0.2) is 11.6 Å². The van der Waals surface area contributed by atoms with Gasteiger partial charge in [-0.15, -0.1) is 0 Å². The number of rotatable bonds is 6. The average molecular weight is 213 g/mol. The van der Waals surface area contributed by atoms with Crippen molar-refractivity contribution in [1.29, 1.82) is 0 Å². The Morgan fingerprint density at radius 2 is 1.93 bits per heavy atom. The summed E-state index contributed by atoms with van der Waals surface area (Å²) in [5, 5.41) is 8.85. The Morgan fingerprint density at radius 3 is 2.27 bits per heavy atom. The molecule has 15 heavy (non-hydrogen) atoms. The van der Waals surface area contributed by atoms with Gasteiger partial charge in [-0.3, -0.25) is 4.90 Å². The highest BCUT2D eigenvalue weighted by molar-refractivity contribution is 5.86. The summed E-state index contributed by atoms with van der Waals surface area (Å²) in [5.74, 6) is -0.221. The fourth-order valence-electron chi connectivity index (χ4n) is 1.31. The predicted molar refractivity (Wildman–Crippen MR) is 62.9 cm³/mol. The zero-order valence-electron chi connectivity index (χ0n) is 10.4. The van der Waals surface area contributed by atoms with Crippen LogP contribution < -0.4 is 0 Å². The molecule has 1 unspecified atom stereocenters. The van der Waals surface area contributed by atoms with Gasteiger partial charge in [0.2, 0.25) is 0 Å². The van der Waals surface area contributed by atoms with E-state index in [1.807, 2.05) is 14.0 Å². The van der Waals surface area contributed by atoms with E-state index >= 15 is 0 Å². The number of carboxylic acid groups (broad SMARTS) is 1. The molecule has 0 spiro atoms. The molecule has 1 atom stereocenters. The minimum Gasteiger partial charge on any atom is -0.478 e. The van der Waals surface area contributed by atoms with E-state index in [-0.39, 0.29) is 0 Å². The molecule has 1 N–H and O–H groups in total. The normalized spacial score (nSPS) is 14.7. The van der Waals surface area contributed by atoms with E-state index in [1.54, 1.807) is 6.08 Å². The SMILES string of the molecule is CCC(=CCN(C)C(C)C(C)C)C(=O)O. The first-order valence-corrected chi connectivity index (χ1v) is 5.52. The minimum absolute atomic E-state index is 0.466. The largest absolute Gasteiger partial charge is 0.478 e. The van der Waals surface area contributed by atoms with Crippen molar-refractivity contribution in [3.8, 4) is 0 Å². The maximum absolute atomic E-state index is 10.8. The van der Waals surface area contributed by atoms with Crippen molar-refractivity contribution < 1.29 is 9.90 Å². The first-order valence-electron chi connectivity index (χ1n) is 5.52. The van der Waals surface area contributed by atoms with Gasteiger partial charge in [0.1, 0.15) is 0 Å². The summed E-state index contributed by atoms with van der Waals surface area (Å²) in [6.07, 6.45) is 2.39. The molecule has 0 amide bonds. The Bertz CT molecular complexity index is 234. The Labute approximate surface area is 92.8 Å². The van der Waals surface area contributed by atoms with Gasteiger partial charge in [0.25, 0.3) is 0 Å². The van der Waals surface area contributed by atoms with Crippen LogP contribution in [0.2, 0.25) is 0 Å². The number of likely N-dealkylation sites (N-methyl/N-ethyl adjacent to an activating group) is 1. The van der Waals surface area contributed by atoms with Crippen LogP contribution in [0.25, 0.3) is 0 Å². The molecular formula is C12H23NO2. The highest BCUT2D eigenvalue weighted by Crippen LogP contribution is 2.09. The molecule has 0 aliphatic heterocycles. The highest BCUT2D eigenvalue weighted by Gasteiger charge is 2.12. The topological polar surface area (TPSA) is 40.5 Å². The number of nitrogens with zero attached hydrogens (tertiary/aromatic N) is 1. The second-order valence-electron chi connectivity index (χ2n) is 4.31. The molecule has 0 aromatic rings. The zero-order valence-corrected chi connectivity index (χ0v) is 10.4. The van der Waals surface area contributed by atoms with Crippen LogP contribution in [-0.2, 0) is 4.79 Å². The molecule has 0 aromatic carbocycles. The second kappa shape index (κ2) is 6.62. The number of carbonyl (C=O) groups is 1. The van der Waals surface area contributed by atoms with Crippen LogP contribution in [0.3, 0.4) is 0 Å². The van der Waals surface area contributed by atoms with Gasteiger partial charge in [0.05, 0.1) is 0 Å². The molecule has 0 saturated heterocycles. The van der Waals surface area contributed by atoms with E-state index in [2.05, 4.69) is 25.7 Å². The standard InChI is InChI=1S/C12H23NO2/c1-6-11(12(14)15)7-8-13(5)10(4)9(2)3/h7,9-10H,6,8H2,1-5H3,(H,14,15). The molecule has 0 aliphatic carbocycles. The van der Waals surface area contributed by atoms with E-state index < -0.39 is 5.97 Å². The first kappa shape index (κ1) is 14.2. The van der Waals surface area contributed by atoms with Crippen molar-refractivity contribution in [3.05, 3.63) is 11.6 Å². The molecular weight excluding hydrogens is 190 g/mol. The van der Waals surface area contributed by atoms with Crippen molar-refractivity contribution in [3.63, 3.8) is 0 Å². The quantitative estimate of drug-likeness (QED) is 0.689. The highest BCUT2D eigenvalue weighted by atomic mass is 16.4. The van der Waals surface area contributed by atoms with Crippen molar-refractivity contribution in [2.45, 2.75) is 40.2 Å². The van der Waals surface area contributed by atoms with E-state index in [0.717, 1.165) is 0 Å². The van der Waals surface area contributed by atoms with Gasteiger partial charge >= 0.3 is 5.97 Å². The van der Waals surface area contributed by atoms with Gasteiger partial charge in [-0.1, -0.05) is 26.8 Å².